The molecule has 2 aromatic rings. The molecule has 0 N–H and O–H groups in total. The van der Waals surface area contributed by atoms with E-state index in [1.807, 2.05) is 6.07 Å². The van der Waals surface area contributed by atoms with Crippen molar-refractivity contribution in [2.24, 2.45) is 0 Å². The number of methoxy groups -OCH3 is 1. The number of fused-ring (bicyclic) bond motifs is 1. The van der Waals surface area contributed by atoms with Crippen LogP contribution in [0.1, 0.15) is 12.0 Å². The molecule has 1 saturated heterocycles. The molecule has 6 nitrogen and oxygen atoms in total. The summed E-state index contributed by atoms with van der Waals surface area (Å²) in [6.07, 6.45) is 0.796. The highest BCUT2D eigenvalue weighted by Gasteiger charge is 2.47. The van der Waals surface area contributed by atoms with E-state index in [0.717, 1.165) is 19.5 Å². The number of hydrogen-bond acceptors (Lipinski definition) is 6. The van der Waals surface area contributed by atoms with Gasteiger partial charge in [0.05, 0.1) is 13.2 Å². The predicted molar refractivity (Wildman–Crippen MR) is 105 cm³/mol. The molecule has 1 aromatic carbocycles. The maximum atomic E-state index is 13.2. The lowest BCUT2D eigenvalue weighted by Crippen LogP contribution is -2.49. The third-order valence-corrected chi connectivity index (χ3v) is 7.80. The smallest absolute Gasteiger partial charge is 0.246 e. The molecular formula is C19H24N2O4S2. The molecule has 0 saturated carbocycles. The van der Waals surface area contributed by atoms with Crippen LogP contribution in [0, 0.1) is 0 Å². The van der Waals surface area contributed by atoms with Gasteiger partial charge in [-0.1, -0.05) is 12.1 Å². The third kappa shape index (κ3) is 3.77. The third-order valence-electron chi connectivity index (χ3n) is 5.18. The summed E-state index contributed by atoms with van der Waals surface area (Å²) in [7, 11) is -2.02. The Morgan fingerprint density at radius 1 is 1.26 bits per heavy atom. The number of sulfonamides is 1. The van der Waals surface area contributed by atoms with E-state index >= 15 is 0 Å². The van der Waals surface area contributed by atoms with Crippen LogP contribution in [0.5, 0.6) is 5.75 Å². The molecule has 0 amide bonds. The fourth-order valence-corrected chi connectivity index (χ4v) is 6.14. The molecule has 27 heavy (non-hydrogen) atoms. The van der Waals surface area contributed by atoms with Crippen LogP contribution < -0.4 is 4.74 Å². The SMILES string of the molecule is COCCN1CC2(CCN(Cc3ccsc3)C2)Oc2ccccc2S1(=O)=O. The maximum Gasteiger partial charge on any atom is 0.246 e. The summed E-state index contributed by atoms with van der Waals surface area (Å²) < 4.78 is 39.4. The van der Waals surface area contributed by atoms with Crippen molar-refractivity contribution >= 4 is 21.4 Å². The van der Waals surface area contributed by atoms with Crippen LogP contribution in [0.4, 0.5) is 0 Å². The van der Waals surface area contributed by atoms with Crippen LogP contribution in [-0.4, -0.2) is 63.1 Å². The minimum absolute atomic E-state index is 0.245. The van der Waals surface area contributed by atoms with E-state index in [0.29, 0.717) is 32.0 Å². The number of para-hydroxylation sites is 1. The first-order valence-electron chi connectivity index (χ1n) is 9.03. The van der Waals surface area contributed by atoms with E-state index in [9.17, 15) is 8.42 Å². The second-order valence-electron chi connectivity index (χ2n) is 7.16. The molecule has 146 valence electrons. The van der Waals surface area contributed by atoms with E-state index in [-0.39, 0.29) is 4.90 Å². The van der Waals surface area contributed by atoms with E-state index in [2.05, 4.69) is 21.7 Å². The molecule has 0 bridgehead atoms. The number of nitrogens with zero attached hydrogens (tertiary/aromatic N) is 2. The Balaban J connectivity index is 1.64. The quantitative estimate of drug-likeness (QED) is 0.761. The second-order valence-corrected chi connectivity index (χ2v) is 9.84. The molecule has 1 spiro atoms. The van der Waals surface area contributed by atoms with Crippen LogP contribution in [-0.2, 0) is 21.3 Å². The Kier molecular flexibility index (Phi) is 5.26. The Morgan fingerprint density at radius 3 is 2.89 bits per heavy atom. The zero-order valence-corrected chi connectivity index (χ0v) is 17.0. The maximum absolute atomic E-state index is 13.2. The average Bonchev–Trinajstić information content (AvgIpc) is 3.28. The highest BCUT2D eigenvalue weighted by Crippen LogP contribution is 2.38. The number of thiophene rings is 1. The van der Waals surface area contributed by atoms with Gasteiger partial charge in [-0.25, -0.2) is 8.42 Å². The summed E-state index contributed by atoms with van der Waals surface area (Å²) in [5.41, 5.74) is 0.749. The minimum atomic E-state index is -3.61. The Bertz CT molecular complexity index is 885. The van der Waals surface area contributed by atoms with Gasteiger partial charge in [-0.3, -0.25) is 4.90 Å². The van der Waals surface area contributed by atoms with Crippen LogP contribution in [0.3, 0.4) is 0 Å². The lowest BCUT2D eigenvalue weighted by atomic mass is 10.0. The molecule has 1 aromatic heterocycles. The molecule has 1 fully saturated rings. The van der Waals surface area contributed by atoms with E-state index in [4.69, 9.17) is 9.47 Å². The van der Waals surface area contributed by atoms with Gasteiger partial charge in [0.15, 0.2) is 0 Å². The van der Waals surface area contributed by atoms with Gasteiger partial charge in [-0.2, -0.15) is 15.6 Å². The van der Waals surface area contributed by atoms with E-state index in [1.54, 1.807) is 36.6 Å². The van der Waals surface area contributed by atoms with Gasteiger partial charge in [-0.15, -0.1) is 0 Å². The molecule has 8 heteroatoms. The summed E-state index contributed by atoms with van der Waals surface area (Å²) in [5, 5.41) is 4.24. The van der Waals surface area contributed by atoms with Crippen molar-refractivity contribution in [3.05, 3.63) is 46.7 Å². The summed E-state index contributed by atoms with van der Waals surface area (Å²) in [6.45, 7) is 3.47. The number of benzene rings is 1. The number of hydrogen-bond donors (Lipinski definition) is 0. The Labute approximate surface area is 164 Å². The van der Waals surface area contributed by atoms with Gasteiger partial charge in [0.2, 0.25) is 10.0 Å². The van der Waals surface area contributed by atoms with Crippen molar-refractivity contribution in [3.8, 4) is 5.75 Å². The van der Waals surface area contributed by atoms with Gasteiger partial charge < -0.3 is 9.47 Å². The zero-order chi connectivity index (χ0) is 18.9. The van der Waals surface area contributed by atoms with Gasteiger partial charge in [-0.05, 0) is 34.5 Å². The molecular weight excluding hydrogens is 384 g/mol. The first kappa shape index (κ1) is 18.9. The largest absolute Gasteiger partial charge is 0.483 e. The van der Waals surface area contributed by atoms with Crippen LogP contribution >= 0.6 is 11.3 Å². The highest BCUT2D eigenvalue weighted by atomic mass is 32.2. The summed E-state index contributed by atoms with van der Waals surface area (Å²) in [5.74, 6) is 0.454. The first-order chi connectivity index (χ1) is 13.0. The van der Waals surface area contributed by atoms with Crippen LogP contribution in [0.2, 0.25) is 0 Å². The Hall–Kier alpha value is -1.45. The predicted octanol–water partition coefficient (Wildman–Crippen LogP) is 2.42. The van der Waals surface area contributed by atoms with E-state index < -0.39 is 15.6 Å². The summed E-state index contributed by atoms with van der Waals surface area (Å²) in [6, 6.07) is 9.08. The van der Waals surface area contributed by atoms with Crippen LogP contribution in [0.15, 0.2) is 46.0 Å². The van der Waals surface area contributed by atoms with Gasteiger partial charge in [0.1, 0.15) is 16.2 Å². The lowest BCUT2D eigenvalue weighted by molar-refractivity contribution is 0.0533. The van der Waals surface area contributed by atoms with Crippen molar-refractivity contribution in [1.29, 1.82) is 0 Å². The Morgan fingerprint density at radius 2 is 2.11 bits per heavy atom. The summed E-state index contributed by atoms with van der Waals surface area (Å²) in [4.78, 5) is 2.59. The molecule has 0 aliphatic carbocycles. The normalized spacial score (nSPS) is 25.2. The van der Waals surface area contributed by atoms with Gasteiger partial charge in [0, 0.05) is 39.7 Å². The summed E-state index contributed by atoms with van der Waals surface area (Å²) >= 11 is 1.69. The number of likely N-dealkylation sites (tertiary alicyclic amines) is 1. The molecule has 4 rings (SSSR count). The lowest BCUT2D eigenvalue weighted by Gasteiger charge is -2.32. The molecule has 2 aliphatic rings. The second kappa shape index (κ2) is 7.52. The molecule has 1 unspecified atom stereocenters. The van der Waals surface area contributed by atoms with E-state index in [1.165, 1.54) is 9.87 Å². The first-order valence-corrected chi connectivity index (χ1v) is 11.4. The van der Waals surface area contributed by atoms with Crippen molar-refractivity contribution < 1.29 is 17.9 Å². The molecule has 3 heterocycles. The van der Waals surface area contributed by atoms with Crippen LogP contribution in [0.25, 0.3) is 0 Å². The van der Waals surface area contributed by atoms with Gasteiger partial charge in [0.25, 0.3) is 0 Å². The molecule has 1 atom stereocenters. The number of rotatable bonds is 5. The number of ether oxygens (including phenoxy) is 2. The standard InChI is InChI=1S/C19H24N2O4S2/c1-24-10-9-21-15-19(7-8-20(14-19)12-16-6-11-26-13-16)25-17-4-2-3-5-18(17)27(21,22)23/h2-6,11,13H,7-10,12,14-15H2,1H3. The average molecular weight is 409 g/mol. The monoisotopic (exact) mass is 408 g/mol. The zero-order valence-electron chi connectivity index (χ0n) is 15.3. The van der Waals surface area contributed by atoms with Crippen molar-refractivity contribution in [2.75, 3.05) is 39.9 Å². The fourth-order valence-electron chi connectivity index (χ4n) is 3.87. The fraction of sp³-hybridized carbons (Fsp3) is 0.474. The van der Waals surface area contributed by atoms with Crippen molar-refractivity contribution in [1.82, 2.24) is 9.21 Å². The molecule has 0 radical (unpaired) electrons. The van der Waals surface area contributed by atoms with Gasteiger partial charge >= 0.3 is 0 Å². The van der Waals surface area contributed by atoms with Crippen molar-refractivity contribution in [2.45, 2.75) is 23.5 Å². The topological polar surface area (TPSA) is 59.1 Å². The van der Waals surface area contributed by atoms with Crippen molar-refractivity contribution in [3.63, 3.8) is 0 Å². The highest BCUT2D eigenvalue weighted by molar-refractivity contribution is 7.89. The minimum Gasteiger partial charge on any atom is -0.483 e. The molecule has 2 aliphatic heterocycles.